The lowest BCUT2D eigenvalue weighted by atomic mass is 10.2. The lowest BCUT2D eigenvalue weighted by Gasteiger charge is -2.11. The van der Waals surface area contributed by atoms with Crippen LogP contribution < -0.4 is 5.32 Å². The average molecular weight is 334 g/mol. The number of amides is 1. The molecule has 0 aliphatic heterocycles. The first-order valence-electron chi connectivity index (χ1n) is 7.88. The number of benzene rings is 3. The van der Waals surface area contributed by atoms with Crippen molar-refractivity contribution in [1.29, 1.82) is 0 Å². The summed E-state index contributed by atoms with van der Waals surface area (Å²) < 4.78 is 0. The summed E-state index contributed by atoms with van der Waals surface area (Å²) in [5, 5.41) is 2.88. The Kier molecular flexibility index (Phi) is 5.02. The summed E-state index contributed by atoms with van der Waals surface area (Å²) >= 11 is 0. The van der Waals surface area contributed by atoms with Crippen LogP contribution >= 0.6 is 0 Å². The van der Waals surface area contributed by atoms with E-state index in [9.17, 15) is 4.79 Å². The maximum Gasteiger partial charge on any atom is 0.221 e. The van der Waals surface area contributed by atoms with Crippen molar-refractivity contribution in [3.8, 4) is 0 Å². The number of carbonyl (C=O) groups is 1. The van der Waals surface area contributed by atoms with Crippen molar-refractivity contribution < 1.29 is 4.79 Å². The summed E-state index contributed by atoms with van der Waals surface area (Å²) in [4.78, 5) is 15.1. The Balaban J connectivity index is 2.07. The van der Waals surface area contributed by atoms with Gasteiger partial charge in [-0.1, -0.05) is 36.4 Å². The highest BCUT2D eigenvalue weighted by molar-refractivity contribution is 7.97. The lowest BCUT2D eigenvalue weighted by molar-refractivity contribution is -0.114. The molecule has 1 N–H and O–H groups in total. The fourth-order valence-corrected chi connectivity index (χ4v) is 4.79. The topological polar surface area (TPSA) is 29.1 Å². The zero-order chi connectivity index (χ0) is 16.9. The summed E-state index contributed by atoms with van der Waals surface area (Å²) in [5.74, 6) is -0.0454. The fourth-order valence-electron chi connectivity index (χ4n) is 2.61. The van der Waals surface area contributed by atoms with E-state index in [2.05, 4.69) is 66.0 Å². The van der Waals surface area contributed by atoms with E-state index >= 15 is 0 Å². The summed E-state index contributed by atoms with van der Waals surface area (Å²) in [6.45, 7) is 3.57. The number of nitrogens with one attached hydrogen (secondary N) is 1. The van der Waals surface area contributed by atoms with Crippen LogP contribution in [0, 0.1) is 6.92 Å². The van der Waals surface area contributed by atoms with E-state index < -0.39 is 0 Å². The van der Waals surface area contributed by atoms with Crippen LogP contribution in [-0.4, -0.2) is 5.91 Å². The second-order valence-electron chi connectivity index (χ2n) is 5.59. The molecule has 0 aliphatic rings. The van der Waals surface area contributed by atoms with Crippen LogP contribution in [-0.2, 0) is 15.7 Å². The number of aryl methyl sites for hydroxylation is 1. The quantitative estimate of drug-likeness (QED) is 0.665. The van der Waals surface area contributed by atoms with E-state index in [1.807, 2.05) is 25.1 Å². The zero-order valence-electron chi connectivity index (χ0n) is 13.8. The Hall–Kier alpha value is -2.52. The second kappa shape index (κ2) is 7.37. The van der Waals surface area contributed by atoms with Crippen LogP contribution in [0.25, 0.3) is 0 Å². The summed E-state index contributed by atoms with van der Waals surface area (Å²) in [5.41, 5.74) is 1.95. The van der Waals surface area contributed by atoms with E-state index in [0.717, 1.165) is 11.3 Å². The smallest absolute Gasteiger partial charge is 0.221 e. The highest BCUT2D eigenvalue weighted by Gasteiger charge is 2.28. The molecule has 0 saturated heterocycles. The first-order chi connectivity index (χ1) is 11.6. The molecule has 0 fully saturated rings. The first-order valence-corrected chi connectivity index (χ1v) is 9.10. The van der Waals surface area contributed by atoms with E-state index in [1.54, 1.807) is 0 Å². The van der Waals surface area contributed by atoms with Gasteiger partial charge in [0.05, 0.1) is 10.9 Å². The second-order valence-corrected chi connectivity index (χ2v) is 7.62. The van der Waals surface area contributed by atoms with Gasteiger partial charge in [0, 0.05) is 12.6 Å². The molecule has 0 bridgehead atoms. The minimum Gasteiger partial charge on any atom is -0.326 e. The average Bonchev–Trinajstić information content (AvgIpc) is 2.59. The molecule has 0 saturated carbocycles. The molecule has 0 heterocycles. The van der Waals surface area contributed by atoms with Gasteiger partial charge >= 0.3 is 0 Å². The molecule has 2 nitrogen and oxygen atoms in total. The molecule has 3 heteroatoms. The summed E-state index contributed by atoms with van der Waals surface area (Å²) in [6, 6.07) is 27.4. The minimum atomic E-state index is -0.159. The maximum atomic E-state index is 11.3. The molecule has 3 aromatic carbocycles. The Bertz CT molecular complexity index is 791. The summed E-state index contributed by atoms with van der Waals surface area (Å²) in [7, 11) is -0.159. The SMILES string of the molecule is CC(=O)Nc1ccc([S+](c2ccccc2)c2ccccc2)cc1C. The largest absolute Gasteiger partial charge is 0.326 e. The molecule has 3 rings (SSSR count). The Labute approximate surface area is 145 Å². The van der Waals surface area contributed by atoms with Crippen molar-refractivity contribution in [2.75, 3.05) is 5.32 Å². The van der Waals surface area contributed by atoms with E-state index in [0.29, 0.717) is 0 Å². The van der Waals surface area contributed by atoms with Gasteiger partial charge in [0.1, 0.15) is 0 Å². The lowest BCUT2D eigenvalue weighted by Crippen LogP contribution is -2.09. The zero-order valence-corrected chi connectivity index (χ0v) is 14.6. The third kappa shape index (κ3) is 3.69. The number of hydrogen-bond donors (Lipinski definition) is 1. The van der Waals surface area contributed by atoms with Gasteiger partial charge < -0.3 is 5.32 Å². The minimum absolute atomic E-state index is 0.0454. The van der Waals surface area contributed by atoms with Crippen molar-refractivity contribution in [3.05, 3.63) is 84.4 Å². The highest BCUT2D eigenvalue weighted by atomic mass is 32.2. The molecular weight excluding hydrogens is 314 g/mol. The molecule has 0 spiro atoms. The molecular formula is C21H20NOS+. The van der Waals surface area contributed by atoms with Crippen molar-refractivity contribution in [3.63, 3.8) is 0 Å². The van der Waals surface area contributed by atoms with Crippen molar-refractivity contribution in [2.45, 2.75) is 28.5 Å². The monoisotopic (exact) mass is 334 g/mol. The molecule has 1 amide bonds. The normalized spacial score (nSPS) is 10.6. The Morgan fingerprint density at radius 2 is 1.33 bits per heavy atom. The fraction of sp³-hybridized carbons (Fsp3) is 0.0952. The van der Waals surface area contributed by atoms with Gasteiger partial charge in [-0.05, 0) is 55.0 Å². The van der Waals surface area contributed by atoms with Crippen molar-refractivity contribution in [1.82, 2.24) is 0 Å². The number of anilines is 1. The maximum absolute atomic E-state index is 11.3. The van der Waals surface area contributed by atoms with E-state index in [4.69, 9.17) is 0 Å². The molecule has 0 atom stereocenters. The number of carbonyl (C=O) groups excluding carboxylic acids is 1. The predicted octanol–water partition coefficient (Wildman–Crippen LogP) is 5.05. The molecule has 24 heavy (non-hydrogen) atoms. The molecule has 0 radical (unpaired) electrons. The standard InChI is InChI=1S/C21H19NOS/c1-16-15-20(13-14-21(16)22-17(2)23)24(18-9-5-3-6-10-18)19-11-7-4-8-12-19/h3-15H,1-2H3/p+1. The Morgan fingerprint density at radius 3 is 1.79 bits per heavy atom. The Morgan fingerprint density at radius 1 is 0.792 bits per heavy atom. The predicted molar refractivity (Wildman–Crippen MR) is 101 cm³/mol. The van der Waals surface area contributed by atoms with Crippen LogP contribution in [0.15, 0.2) is 93.5 Å². The van der Waals surface area contributed by atoms with Crippen molar-refractivity contribution in [2.24, 2.45) is 0 Å². The molecule has 0 unspecified atom stereocenters. The van der Waals surface area contributed by atoms with E-state index in [1.165, 1.54) is 21.6 Å². The van der Waals surface area contributed by atoms with Gasteiger partial charge in [0.2, 0.25) is 5.91 Å². The van der Waals surface area contributed by atoms with Gasteiger partial charge in [-0.25, -0.2) is 0 Å². The van der Waals surface area contributed by atoms with Gasteiger partial charge in [0.15, 0.2) is 14.7 Å². The molecule has 3 aromatic rings. The van der Waals surface area contributed by atoms with Gasteiger partial charge in [-0.2, -0.15) is 0 Å². The third-order valence-corrected chi connectivity index (χ3v) is 5.91. The molecule has 0 aliphatic carbocycles. The number of hydrogen-bond acceptors (Lipinski definition) is 1. The van der Waals surface area contributed by atoms with Crippen LogP contribution in [0.1, 0.15) is 12.5 Å². The molecule has 120 valence electrons. The van der Waals surface area contributed by atoms with Crippen LogP contribution in [0.3, 0.4) is 0 Å². The van der Waals surface area contributed by atoms with Crippen molar-refractivity contribution >= 4 is 22.5 Å². The number of rotatable bonds is 4. The molecule has 0 aromatic heterocycles. The van der Waals surface area contributed by atoms with Gasteiger partial charge in [-0.15, -0.1) is 0 Å². The van der Waals surface area contributed by atoms with Crippen LogP contribution in [0.5, 0.6) is 0 Å². The van der Waals surface area contributed by atoms with Gasteiger partial charge in [0.25, 0.3) is 0 Å². The van der Waals surface area contributed by atoms with E-state index in [-0.39, 0.29) is 16.8 Å². The first kappa shape index (κ1) is 16.3. The van der Waals surface area contributed by atoms with Crippen LogP contribution in [0.4, 0.5) is 5.69 Å². The third-order valence-electron chi connectivity index (χ3n) is 3.70. The summed E-state index contributed by atoms with van der Waals surface area (Å²) in [6.07, 6.45) is 0. The van der Waals surface area contributed by atoms with Crippen LogP contribution in [0.2, 0.25) is 0 Å². The van der Waals surface area contributed by atoms with Gasteiger partial charge in [-0.3, -0.25) is 4.79 Å². The highest BCUT2D eigenvalue weighted by Crippen LogP contribution is 2.32.